The number of benzene rings is 1. The van der Waals surface area contributed by atoms with Crippen molar-refractivity contribution in [3.05, 3.63) is 35.1 Å². The van der Waals surface area contributed by atoms with E-state index in [0.717, 1.165) is 5.56 Å². The van der Waals surface area contributed by atoms with Crippen LogP contribution in [0.1, 0.15) is 37.3 Å². The number of halogens is 1. The van der Waals surface area contributed by atoms with Gasteiger partial charge in [-0.2, -0.15) is 0 Å². The highest BCUT2D eigenvalue weighted by molar-refractivity contribution is 5.80. The van der Waals surface area contributed by atoms with Crippen LogP contribution in [0.2, 0.25) is 0 Å². The second-order valence-corrected chi connectivity index (χ2v) is 6.64. The van der Waals surface area contributed by atoms with Gasteiger partial charge in [0, 0.05) is 38.0 Å². The molecular formula is C18H26FN3O2. The lowest BCUT2D eigenvalue weighted by molar-refractivity contribution is -0.135. The molecule has 1 heterocycles. The van der Waals surface area contributed by atoms with Crippen LogP contribution >= 0.6 is 0 Å². The molecular weight excluding hydrogens is 309 g/mol. The molecule has 1 fully saturated rings. The second-order valence-electron chi connectivity index (χ2n) is 6.64. The number of nitrogens with one attached hydrogen (secondary N) is 1. The van der Waals surface area contributed by atoms with Gasteiger partial charge in [-0.15, -0.1) is 0 Å². The van der Waals surface area contributed by atoms with Crippen LogP contribution in [0.3, 0.4) is 0 Å². The highest BCUT2D eigenvalue weighted by atomic mass is 19.1. The fraction of sp³-hybridized carbons (Fsp3) is 0.556. The molecule has 1 aliphatic rings. The molecule has 1 atom stereocenters. The fourth-order valence-electron chi connectivity index (χ4n) is 2.88. The van der Waals surface area contributed by atoms with Crippen molar-refractivity contribution in [3.8, 4) is 0 Å². The third kappa shape index (κ3) is 5.03. The van der Waals surface area contributed by atoms with Crippen LogP contribution in [0, 0.1) is 18.7 Å². The van der Waals surface area contributed by atoms with Gasteiger partial charge in [0.15, 0.2) is 0 Å². The summed E-state index contributed by atoms with van der Waals surface area (Å²) in [5.41, 5.74) is 6.99. The molecule has 0 aliphatic carbocycles. The molecule has 0 bridgehead atoms. The topological polar surface area (TPSA) is 75.4 Å². The summed E-state index contributed by atoms with van der Waals surface area (Å²) < 4.78 is 13.5. The lowest BCUT2D eigenvalue weighted by atomic mass is 9.95. The molecule has 0 spiro atoms. The van der Waals surface area contributed by atoms with E-state index in [1.165, 1.54) is 6.07 Å². The lowest BCUT2D eigenvalue weighted by Gasteiger charge is -2.31. The first-order valence-electron chi connectivity index (χ1n) is 8.43. The fourth-order valence-corrected chi connectivity index (χ4v) is 2.88. The average Bonchev–Trinajstić information content (AvgIpc) is 2.55. The molecule has 1 aliphatic heterocycles. The molecule has 0 radical (unpaired) electrons. The number of amides is 2. The number of nitrogens with zero attached hydrogens (tertiary/aromatic N) is 1. The summed E-state index contributed by atoms with van der Waals surface area (Å²) in [6.07, 6.45) is 1.65. The Labute approximate surface area is 142 Å². The predicted octanol–water partition coefficient (Wildman–Crippen LogP) is 1.73. The van der Waals surface area contributed by atoms with Gasteiger partial charge in [0.05, 0.1) is 0 Å². The Hall–Kier alpha value is -1.95. The van der Waals surface area contributed by atoms with Crippen LogP contribution < -0.4 is 11.1 Å². The zero-order valence-corrected chi connectivity index (χ0v) is 14.3. The molecule has 2 rings (SSSR count). The zero-order chi connectivity index (χ0) is 17.7. The van der Waals surface area contributed by atoms with Gasteiger partial charge >= 0.3 is 0 Å². The maximum atomic E-state index is 13.5. The third-order valence-corrected chi connectivity index (χ3v) is 4.42. The molecule has 1 aromatic carbocycles. The molecule has 6 heteroatoms. The van der Waals surface area contributed by atoms with Crippen molar-refractivity contribution >= 4 is 11.8 Å². The van der Waals surface area contributed by atoms with Crippen molar-refractivity contribution in [2.24, 2.45) is 11.7 Å². The first-order chi connectivity index (χ1) is 11.4. The summed E-state index contributed by atoms with van der Waals surface area (Å²) >= 11 is 0. The number of piperidine rings is 1. The van der Waals surface area contributed by atoms with E-state index in [1.54, 1.807) is 17.9 Å². The Balaban J connectivity index is 1.78. The highest BCUT2D eigenvalue weighted by Gasteiger charge is 2.27. The number of nitrogens with two attached hydrogens (primary N) is 1. The van der Waals surface area contributed by atoms with Gasteiger partial charge in [-0.1, -0.05) is 12.1 Å². The Morgan fingerprint density at radius 2 is 2.04 bits per heavy atom. The Morgan fingerprint density at radius 1 is 1.38 bits per heavy atom. The molecule has 5 nitrogen and oxygen atoms in total. The molecule has 3 N–H and O–H groups in total. The lowest BCUT2D eigenvalue weighted by Crippen LogP contribution is -2.44. The molecule has 24 heavy (non-hydrogen) atoms. The summed E-state index contributed by atoms with van der Waals surface area (Å²) in [6, 6.07) is 4.83. The molecule has 0 aromatic heterocycles. The Kier molecular flexibility index (Phi) is 6.31. The number of likely N-dealkylation sites (tertiary alicyclic amines) is 1. The number of carbonyl (C=O) groups is 2. The van der Waals surface area contributed by atoms with Crippen molar-refractivity contribution in [1.29, 1.82) is 0 Å². The molecule has 1 saturated heterocycles. The van der Waals surface area contributed by atoms with Gasteiger partial charge < -0.3 is 16.0 Å². The van der Waals surface area contributed by atoms with E-state index < -0.39 is 0 Å². The molecule has 1 unspecified atom stereocenters. The number of carbonyl (C=O) groups excluding carboxylic acids is 2. The Bertz CT molecular complexity index is 596. The van der Waals surface area contributed by atoms with Crippen LogP contribution in [-0.2, 0) is 16.1 Å². The SMILES string of the molecule is Cc1ccc(CNC(=O)C2CCN(C(=O)CC(C)N)CC2)cc1F. The monoisotopic (exact) mass is 335 g/mol. The minimum atomic E-state index is -0.261. The van der Waals surface area contributed by atoms with E-state index in [0.29, 0.717) is 44.5 Å². The summed E-state index contributed by atoms with van der Waals surface area (Å²) in [5, 5.41) is 2.86. The molecule has 132 valence electrons. The van der Waals surface area contributed by atoms with Gasteiger partial charge in [-0.25, -0.2) is 4.39 Å². The zero-order valence-electron chi connectivity index (χ0n) is 14.3. The van der Waals surface area contributed by atoms with Crippen LogP contribution in [0.5, 0.6) is 0 Å². The van der Waals surface area contributed by atoms with Crippen molar-refractivity contribution in [2.45, 2.75) is 45.7 Å². The van der Waals surface area contributed by atoms with E-state index in [2.05, 4.69) is 5.32 Å². The van der Waals surface area contributed by atoms with E-state index in [4.69, 9.17) is 5.73 Å². The van der Waals surface area contributed by atoms with E-state index in [9.17, 15) is 14.0 Å². The summed E-state index contributed by atoms with van der Waals surface area (Å²) in [7, 11) is 0. The van der Waals surface area contributed by atoms with Gasteiger partial charge in [0.25, 0.3) is 0 Å². The number of hydrogen-bond donors (Lipinski definition) is 2. The molecule has 1 aromatic rings. The number of aryl methyl sites for hydroxylation is 1. The maximum absolute atomic E-state index is 13.5. The van der Waals surface area contributed by atoms with Gasteiger partial charge in [-0.3, -0.25) is 9.59 Å². The third-order valence-electron chi connectivity index (χ3n) is 4.42. The van der Waals surface area contributed by atoms with E-state index in [-0.39, 0.29) is 29.6 Å². The first-order valence-corrected chi connectivity index (χ1v) is 8.43. The standard InChI is InChI=1S/C18H26FN3O2/c1-12-3-4-14(10-16(12)19)11-21-18(24)15-5-7-22(8-6-15)17(23)9-13(2)20/h3-4,10,13,15H,5-9,11,20H2,1-2H3,(H,21,24). The minimum absolute atomic E-state index is 0.0322. The van der Waals surface area contributed by atoms with E-state index >= 15 is 0 Å². The predicted molar refractivity (Wildman–Crippen MR) is 90.6 cm³/mol. The summed E-state index contributed by atoms with van der Waals surface area (Å²) in [4.78, 5) is 26.0. The molecule has 2 amide bonds. The number of hydrogen-bond acceptors (Lipinski definition) is 3. The van der Waals surface area contributed by atoms with Crippen LogP contribution in [0.25, 0.3) is 0 Å². The van der Waals surface area contributed by atoms with Gasteiger partial charge in [0.1, 0.15) is 5.82 Å². The van der Waals surface area contributed by atoms with Crippen LogP contribution in [0.4, 0.5) is 4.39 Å². The second kappa shape index (κ2) is 8.24. The van der Waals surface area contributed by atoms with Gasteiger partial charge in [-0.05, 0) is 43.9 Å². The smallest absolute Gasteiger partial charge is 0.224 e. The average molecular weight is 335 g/mol. The van der Waals surface area contributed by atoms with Crippen LogP contribution in [-0.4, -0.2) is 35.8 Å². The minimum Gasteiger partial charge on any atom is -0.352 e. The van der Waals surface area contributed by atoms with E-state index in [1.807, 2.05) is 13.0 Å². The van der Waals surface area contributed by atoms with Crippen molar-refractivity contribution in [2.75, 3.05) is 13.1 Å². The van der Waals surface area contributed by atoms with Crippen molar-refractivity contribution in [1.82, 2.24) is 10.2 Å². The number of rotatable bonds is 5. The first kappa shape index (κ1) is 18.4. The van der Waals surface area contributed by atoms with Crippen molar-refractivity contribution in [3.63, 3.8) is 0 Å². The largest absolute Gasteiger partial charge is 0.352 e. The highest BCUT2D eigenvalue weighted by Crippen LogP contribution is 2.18. The summed E-state index contributed by atoms with van der Waals surface area (Å²) in [6.45, 7) is 5.01. The normalized spacial score (nSPS) is 16.8. The summed E-state index contributed by atoms with van der Waals surface area (Å²) in [5.74, 6) is -0.336. The van der Waals surface area contributed by atoms with Crippen molar-refractivity contribution < 1.29 is 14.0 Å². The van der Waals surface area contributed by atoms with Gasteiger partial charge in [0.2, 0.25) is 11.8 Å². The quantitative estimate of drug-likeness (QED) is 0.860. The maximum Gasteiger partial charge on any atom is 0.224 e. The Morgan fingerprint density at radius 3 is 2.62 bits per heavy atom. The molecule has 0 saturated carbocycles. The van der Waals surface area contributed by atoms with Crippen LogP contribution in [0.15, 0.2) is 18.2 Å².